The molecule has 2 fully saturated rings. The van der Waals surface area contributed by atoms with Gasteiger partial charge in [0.15, 0.2) is 5.96 Å². The number of ether oxygens (including phenoxy) is 1. The lowest BCUT2D eigenvalue weighted by atomic mass is 10.2. The number of hydrogen-bond donors (Lipinski definition) is 2. The van der Waals surface area contributed by atoms with Crippen molar-refractivity contribution in [3.8, 4) is 0 Å². The molecular formula is C21H37N5OS. The van der Waals surface area contributed by atoms with Crippen LogP contribution < -0.4 is 10.6 Å². The second-order valence-electron chi connectivity index (χ2n) is 7.64. The molecule has 2 N–H and O–H groups in total. The van der Waals surface area contributed by atoms with Gasteiger partial charge in [0.1, 0.15) is 0 Å². The molecule has 2 aliphatic heterocycles. The highest BCUT2D eigenvalue weighted by atomic mass is 32.1. The Balaban J connectivity index is 1.65. The van der Waals surface area contributed by atoms with Crippen molar-refractivity contribution in [1.29, 1.82) is 0 Å². The summed E-state index contributed by atoms with van der Waals surface area (Å²) < 4.78 is 5.57. The quantitative estimate of drug-likeness (QED) is 0.512. The number of aryl methyl sites for hydroxylation is 1. The standard InChI is InChI=1S/C21H37N5OS/c1-4-22-21(23-15-18-7-6-10-25(18)5-2)24-16-19(20-9-8-17(3)28-20)26-11-13-27-14-12-26/h8-9,18-19H,4-7,10-16H2,1-3H3,(H2,22,23,24). The molecule has 0 amide bonds. The van der Waals surface area contributed by atoms with E-state index in [9.17, 15) is 0 Å². The summed E-state index contributed by atoms with van der Waals surface area (Å²) in [6, 6.07) is 5.45. The van der Waals surface area contributed by atoms with Crippen LogP contribution >= 0.6 is 11.3 Å². The van der Waals surface area contributed by atoms with E-state index >= 15 is 0 Å². The van der Waals surface area contributed by atoms with Crippen LogP contribution in [0.3, 0.4) is 0 Å². The van der Waals surface area contributed by atoms with Gasteiger partial charge in [-0.2, -0.15) is 0 Å². The molecule has 0 aromatic carbocycles. The second kappa shape index (κ2) is 11.1. The highest BCUT2D eigenvalue weighted by Crippen LogP contribution is 2.28. The molecule has 0 saturated carbocycles. The molecule has 7 heteroatoms. The van der Waals surface area contributed by atoms with Gasteiger partial charge in [0.25, 0.3) is 0 Å². The fraction of sp³-hybridized carbons (Fsp3) is 0.762. The van der Waals surface area contributed by atoms with E-state index in [4.69, 9.17) is 9.73 Å². The summed E-state index contributed by atoms with van der Waals surface area (Å²) in [5, 5.41) is 7.03. The summed E-state index contributed by atoms with van der Waals surface area (Å²) in [5.74, 6) is 0.942. The molecule has 2 atom stereocenters. The zero-order chi connectivity index (χ0) is 19.8. The molecule has 3 heterocycles. The third kappa shape index (κ3) is 5.92. The zero-order valence-electron chi connectivity index (χ0n) is 17.7. The number of likely N-dealkylation sites (tertiary alicyclic amines) is 1. The van der Waals surface area contributed by atoms with Crippen molar-refractivity contribution in [3.63, 3.8) is 0 Å². The minimum absolute atomic E-state index is 0.330. The number of guanidine groups is 1. The minimum Gasteiger partial charge on any atom is -0.379 e. The summed E-state index contributed by atoms with van der Waals surface area (Å²) in [6.07, 6.45) is 2.59. The molecule has 6 nitrogen and oxygen atoms in total. The first-order valence-corrected chi connectivity index (χ1v) is 11.7. The summed E-state index contributed by atoms with van der Waals surface area (Å²) in [4.78, 5) is 12.9. The molecule has 0 aliphatic carbocycles. The zero-order valence-corrected chi connectivity index (χ0v) is 18.6. The Morgan fingerprint density at radius 1 is 1.25 bits per heavy atom. The number of nitrogens with zero attached hydrogens (tertiary/aromatic N) is 3. The fourth-order valence-corrected chi connectivity index (χ4v) is 5.19. The van der Waals surface area contributed by atoms with Gasteiger partial charge < -0.3 is 15.4 Å². The number of rotatable bonds is 8. The molecule has 158 valence electrons. The van der Waals surface area contributed by atoms with Gasteiger partial charge in [0.05, 0.1) is 25.8 Å². The third-order valence-corrected chi connectivity index (χ3v) is 6.85. The Kier molecular flexibility index (Phi) is 8.58. The van der Waals surface area contributed by atoms with Gasteiger partial charge in [-0.05, 0) is 51.9 Å². The SMILES string of the molecule is CCNC(=NCC(c1ccc(C)s1)N1CCOCC1)NCC1CCCN1CC. The van der Waals surface area contributed by atoms with E-state index in [1.807, 2.05) is 11.3 Å². The summed E-state index contributed by atoms with van der Waals surface area (Å²) in [6.45, 7) is 15.2. The molecular weight excluding hydrogens is 370 g/mol. The van der Waals surface area contributed by atoms with Gasteiger partial charge in [-0.3, -0.25) is 14.8 Å². The first-order valence-electron chi connectivity index (χ1n) is 10.9. The van der Waals surface area contributed by atoms with E-state index in [1.54, 1.807) is 0 Å². The minimum atomic E-state index is 0.330. The molecule has 2 aliphatic rings. The van der Waals surface area contributed by atoms with E-state index in [2.05, 4.69) is 53.3 Å². The largest absolute Gasteiger partial charge is 0.379 e. The van der Waals surface area contributed by atoms with Crippen LogP contribution in [0.5, 0.6) is 0 Å². The summed E-state index contributed by atoms with van der Waals surface area (Å²) in [7, 11) is 0. The first-order chi connectivity index (χ1) is 13.7. The maximum Gasteiger partial charge on any atom is 0.191 e. The summed E-state index contributed by atoms with van der Waals surface area (Å²) >= 11 is 1.89. The van der Waals surface area contributed by atoms with E-state index in [0.29, 0.717) is 12.1 Å². The smallest absolute Gasteiger partial charge is 0.191 e. The number of hydrogen-bond acceptors (Lipinski definition) is 5. The molecule has 0 bridgehead atoms. The van der Waals surface area contributed by atoms with Crippen molar-refractivity contribution in [2.75, 3.05) is 59.0 Å². The predicted octanol–water partition coefficient (Wildman–Crippen LogP) is 2.47. The second-order valence-corrected chi connectivity index (χ2v) is 8.96. The predicted molar refractivity (Wildman–Crippen MR) is 118 cm³/mol. The lowest BCUT2D eigenvalue weighted by Crippen LogP contribution is -2.45. The highest BCUT2D eigenvalue weighted by Gasteiger charge is 2.25. The molecule has 28 heavy (non-hydrogen) atoms. The number of aliphatic imine (C=N–C) groups is 1. The van der Waals surface area contributed by atoms with Crippen molar-refractivity contribution in [2.45, 2.75) is 45.7 Å². The molecule has 1 aromatic rings. The number of likely N-dealkylation sites (N-methyl/N-ethyl adjacent to an activating group) is 1. The van der Waals surface area contributed by atoms with Gasteiger partial charge in [-0.25, -0.2) is 0 Å². The van der Waals surface area contributed by atoms with Crippen LogP contribution in [0.1, 0.15) is 42.5 Å². The molecule has 0 radical (unpaired) electrons. The fourth-order valence-electron chi connectivity index (χ4n) is 4.18. The van der Waals surface area contributed by atoms with Gasteiger partial charge in [-0.15, -0.1) is 11.3 Å². The van der Waals surface area contributed by atoms with Crippen LogP contribution in [0.2, 0.25) is 0 Å². The van der Waals surface area contributed by atoms with E-state index in [-0.39, 0.29) is 0 Å². The van der Waals surface area contributed by atoms with E-state index in [0.717, 1.165) is 58.4 Å². The monoisotopic (exact) mass is 407 g/mol. The Morgan fingerprint density at radius 2 is 2.07 bits per heavy atom. The van der Waals surface area contributed by atoms with Crippen molar-refractivity contribution in [1.82, 2.24) is 20.4 Å². The Labute approximate surface area is 174 Å². The van der Waals surface area contributed by atoms with Crippen molar-refractivity contribution in [2.24, 2.45) is 4.99 Å². The maximum absolute atomic E-state index is 5.57. The molecule has 0 spiro atoms. The van der Waals surface area contributed by atoms with Crippen LogP contribution in [-0.4, -0.2) is 80.8 Å². The third-order valence-electron chi connectivity index (χ3n) is 5.75. The van der Waals surface area contributed by atoms with E-state index < -0.39 is 0 Å². The number of morpholine rings is 1. The van der Waals surface area contributed by atoms with Gasteiger partial charge in [0, 0.05) is 42.0 Å². The Morgan fingerprint density at radius 3 is 2.75 bits per heavy atom. The molecule has 2 unspecified atom stereocenters. The van der Waals surface area contributed by atoms with Gasteiger partial charge in [0.2, 0.25) is 0 Å². The van der Waals surface area contributed by atoms with Crippen LogP contribution in [0.4, 0.5) is 0 Å². The average Bonchev–Trinajstić information content (AvgIpc) is 3.35. The molecule has 1 aromatic heterocycles. The lowest BCUT2D eigenvalue weighted by Gasteiger charge is -2.33. The average molecular weight is 408 g/mol. The number of thiophene rings is 1. The number of nitrogens with one attached hydrogen (secondary N) is 2. The summed E-state index contributed by atoms with van der Waals surface area (Å²) in [5.41, 5.74) is 0. The van der Waals surface area contributed by atoms with Crippen molar-refractivity contribution >= 4 is 17.3 Å². The Hall–Kier alpha value is -1.15. The molecule has 2 saturated heterocycles. The topological polar surface area (TPSA) is 52.1 Å². The lowest BCUT2D eigenvalue weighted by molar-refractivity contribution is 0.0186. The van der Waals surface area contributed by atoms with E-state index in [1.165, 1.54) is 29.1 Å². The van der Waals surface area contributed by atoms with Gasteiger partial charge >= 0.3 is 0 Å². The van der Waals surface area contributed by atoms with Crippen molar-refractivity contribution in [3.05, 3.63) is 21.9 Å². The normalized spacial score (nSPS) is 23.1. The van der Waals surface area contributed by atoms with Crippen LogP contribution in [0.25, 0.3) is 0 Å². The van der Waals surface area contributed by atoms with Crippen molar-refractivity contribution < 1.29 is 4.74 Å². The maximum atomic E-state index is 5.57. The Bertz CT molecular complexity index is 614. The van der Waals surface area contributed by atoms with Crippen LogP contribution in [0, 0.1) is 6.92 Å². The van der Waals surface area contributed by atoms with Crippen LogP contribution in [0.15, 0.2) is 17.1 Å². The van der Waals surface area contributed by atoms with Gasteiger partial charge in [-0.1, -0.05) is 6.92 Å². The molecule has 3 rings (SSSR count). The highest BCUT2D eigenvalue weighted by molar-refractivity contribution is 7.12. The van der Waals surface area contributed by atoms with Crippen LogP contribution in [-0.2, 0) is 4.74 Å². The first kappa shape index (κ1) is 21.6.